The topological polar surface area (TPSA) is 76.6 Å². The Morgan fingerprint density at radius 3 is 2.63 bits per heavy atom. The van der Waals surface area contributed by atoms with Crippen molar-refractivity contribution < 1.29 is 14.7 Å². The Morgan fingerprint density at radius 2 is 2.03 bits per heavy atom. The minimum atomic E-state index is -0.891. The van der Waals surface area contributed by atoms with E-state index in [1.54, 1.807) is 6.92 Å². The van der Waals surface area contributed by atoms with E-state index in [4.69, 9.17) is 5.11 Å². The Labute approximate surface area is 177 Å². The molecule has 6 nitrogen and oxygen atoms in total. The smallest absolute Gasteiger partial charge is 0.327 e. The molecule has 160 valence electrons. The zero-order valence-corrected chi connectivity index (χ0v) is 18.2. The summed E-state index contributed by atoms with van der Waals surface area (Å²) >= 11 is 0. The maximum atomic E-state index is 12.9. The van der Waals surface area contributed by atoms with Gasteiger partial charge in [0.25, 0.3) is 0 Å². The van der Waals surface area contributed by atoms with Gasteiger partial charge in [0, 0.05) is 48.9 Å². The number of H-pyrrole nitrogens is 1. The van der Waals surface area contributed by atoms with Gasteiger partial charge in [-0.1, -0.05) is 24.3 Å². The van der Waals surface area contributed by atoms with Crippen molar-refractivity contribution in [2.24, 2.45) is 5.92 Å². The summed E-state index contributed by atoms with van der Waals surface area (Å²) < 4.78 is 0. The average molecular weight is 410 g/mol. The molecule has 1 amide bonds. The summed E-state index contributed by atoms with van der Waals surface area (Å²) in [6, 6.07) is 6.82. The molecular formula is C24H31N3O3. The van der Waals surface area contributed by atoms with Crippen LogP contribution in [-0.4, -0.2) is 64.5 Å². The molecule has 0 spiro atoms. The number of hydrogen-bond donors (Lipinski definition) is 2. The van der Waals surface area contributed by atoms with Crippen molar-refractivity contribution in [2.75, 3.05) is 26.7 Å². The summed E-state index contributed by atoms with van der Waals surface area (Å²) in [5, 5.41) is 9.16. The third-order valence-electron chi connectivity index (χ3n) is 5.97. The lowest BCUT2D eigenvalue weighted by Crippen LogP contribution is -2.47. The van der Waals surface area contributed by atoms with E-state index in [9.17, 15) is 9.59 Å². The third kappa shape index (κ3) is 4.19. The molecule has 2 atom stereocenters. The molecule has 2 N–H and O–H groups in total. The van der Waals surface area contributed by atoms with Crippen molar-refractivity contribution in [1.82, 2.24) is 14.8 Å². The molecular weight excluding hydrogens is 378 g/mol. The standard InChI is InChI=1S/C20H25N3O.C4H6O2/c1-4-23(5-2)20(24)14-9-16-15-7-6-8-17-19(15)13(11-21-17)10-18(16)22(3)12-14;1-2-3-4(5)6/h6-9,11,14,18,21H,4-5,10,12H2,1-3H3;2-3H,1H3,(H,5,6)/t14-,18-;/m1./s1. The van der Waals surface area contributed by atoms with E-state index >= 15 is 0 Å². The SMILES string of the molecule is CC=CC(=O)O.CCN(CC)C(=O)[C@@H]1C=C2c3cccc4[nH]cc(c34)C[C@H]2N(C)C1. The number of rotatable bonds is 4. The first-order valence-corrected chi connectivity index (χ1v) is 10.6. The maximum absolute atomic E-state index is 12.9. The van der Waals surface area contributed by atoms with Crippen LogP contribution in [0, 0.1) is 5.92 Å². The highest BCUT2D eigenvalue weighted by Crippen LogP contribution is 2.40. The van der Waals surface area contributed by atoms with Crippen molar-refractivity contribution >= 4 is 28.4 Å². The molecule has 1 aromatic heterocycles. The average Bonchev–Trinajstić information content (AvgIpc) is 3.14. The number of aromatic nitrogens is 1. The van der Waals surface area contributed by atoms with Crippen LogP contribution in [0.3, 0.4) is 0 Å². The van der Waals surface area contributed by atoms with E-state index < -0.39 is 5.97 Å². The Kier molecular flexibility index (Phi) is 6.77. The second-order valence-corrected chi connectivity index (χ2v) is 7.78. The summed E-state index contributed by atoms with van der Waals surface area (Å²) in [4.78, 5) is 30.1. The number of nitrogens with zero attached hydrogens (tertiary/aromatic N) is 2. The summed E-state index contributed by atoms with van der Waals surface area (Å²) in [5.74, 6) is -0.681. The highest BCUT2D eigenvalue weighted by molar-refractivity contribution is 5.99. The van der Waals surface area contributed by atoms with Crippen molar-refractivity contribution in [3.05, 3.63) is 53.8 Å². The van der Waals surface area contributed by atoms with Crippen LogP contribution in [0.1, 0.15) is 31.9 Å². The third-order valence-corrected chi connectivity index (χ3v) is 5.97. The van der Waals surface area contributed by atoms with Gasteiger partial charge in [-0.05, 0) is 57.0 Å². The fraction of sp³-hybridized carbons (Fsp3) is 0.417. The van der Waals surface area contributed by atoms with Crippen LogP contribution >= 0.6 is 0 Å². The van der Waals surface area contributed by atoms with Gasteiger partial charge >= 0.3 is 5.97 Å². The fourth-order valence-corrected chi connectivity index (χ4v) is 4.52. The Balaban J connectivity index is 0.000000377. The number of benzene rings is 1. The number of allylic oxidation sites excluding steroid dienone is 1. The van der Waals surface area contributed by atoms with Crippen LogP contribution in [-0.2, 0) is 16.0 Å². The minimum absolute atomic E-state index is 0.0445. The van der Waals surface area contributed by atoms with E-state index in [-0.39, 0.29) is 11.8 Å². The molecule has 2 aliphatic rings. The summed E-state index contributed by atoms with van der Waals surface area (Å²) in [6.07, 6.45) is 7.97. The number of aliphatic carboxylic acids is 1. The minimum Gasteiger partial charge on any atom is -0.478 e. The van der Waals surface area contributed by atoms with Crippen molar-refractivity contribution in [3.63, 3.8) is 0 Å². The largest absolute Gasteiger partial charge is 0.478 e. The molecule has 0 radical (unpaired) electrons. The Hall–Kier alpha value is -2.86. The first kappa shape index (κ1) is 21.8. The lowest BCUT2D eigenvalue weighted by Gasteiger charge is -2.40. The number of aromatic amines is 1. The van der Waals surface area contributed by atoms with Gasteiger partial charge in [0.2, 0.25) is 5.91 Å². The number of nitrogens with one attached hydrogen (secondary N) is 1. The number of carboxylic acids is 1. The summed E-state index contributed by atoms with van der Waals surface area (Å²) in [7, 11) is 2.15. The Bertz CT molecular complexity index is 985. The van der Waals surface area contributed by atoms with E-state index in [1.807, 2.05) is 4.90 Å². The number of hydrogen-bond acceptors (Lipinski definition) is 3. The van der Waals surface area contributed by atoms with E-state index in [1.165, 1.54) is 33.7 Å². The highest BCUT2D eigenvalue weighted by Gasteiger charge is 2.36. The normalized spacial score (nSPS) is 20.3. The van der Waals surface area contributed by atoms with Crippen LogP contribution in [0.5, 0.6) is 0 Å². The monoisotopic (exact) mass is 409 g/mol. The maximum Gasteiger partial charge on any atom is 0.327 e. The van der Waals surface area contributed by atoms with Crippen LogP contribution < -0.4 is 0 Å². The first-order chi connectivity index (χ1) is 14.4. The van der Waals surface area contributed by atoms with Gasteiger partial charge < -0.3 is 15.0 Å². The zero-order chi connectivity index (χ0) is 21.8. The number of carboxylic acid groups (broad SMARTS) is 1. The molecule has 0 saturated heterocycles. The van der Waals surface area contributed by atoms with Crippen LogP contribution in [0.25, 0.3) is 16.5 Å². The molecule has 1 aliphatic carbocycles. The highest BCUT2D eigenvalue weighted by atomic mass is 16.4. The molecule has 2 aromatic rings. The number of amides is 1. The molecule has 30 heavy (non-hydrogen) atoms. The fourth-order valence-electron chi connectivity index (χ4n) is 4.52. The second-order valence-electron chi connectivity index (χ2n) is 7.78. The van der Waals surface area contributed by atoms with Gasteiger partial charge in [-0.3, -0.25) is 9.69 Å². The molecule has 2 heterocycles. The molecule has 0 saturated carbocycles. The quantitative estimate of drug-likeness (QED) is 0.757. The van der Waals surface area contributed by atoms with E-state index in [2.05, 4.69) is 61.3 Å². The molecule has 0 bridgehead atoms. The zero-order valence-electron chi connectivity index (χ0n) is 18.2. The predicted octanol–water partition coefficient (Wildman–Crippen LogP) is 3.55. The number of likely N-dealkylation sites (N-methyl/N-ethyl adjacent to an activating group) is 1. The number of carbonyl (C=O) groups excluding carboxylic acids is 1. The van der Waals surface area contributed by atoms with Crippen LogP contribution in [0.4, 0.5) is 0 Å². The second kappa shape index (κ2) is 9.30. The van der Waals surface area contributed by atoms with Crippen LogP contribution in [0.2, 0.25) is 0 Å². The lowest BCUT2D eigenvalue weighted by atomic mass is 9.79. The van der Waals surface area contributed by atoms with Crippen molar-refractivity contribution in [3.8, 4) is 0 Å². The van der Waals surface area contributed by atoms with Gasteiger partial charge in [-0.25, -0.2) is 4.79 Å². The summed E-state index contributed by atoms with van der Waals surface area (Å²) in [6.45, 7) is 8.13. The van der Waals surface area contributed by atoms with Gasteiger partial charge in [-0.2, -0.15) is 0 Å². The predicted molar refractivity (Wildman–Crippen MR) is 120 cm³/mol. The van der Waals surface area contributed by atoms with Gasteiger partial charge in [0.1, 0.15) is 0 Å². The van der Waals surface area contributed by atoms with Crippen molar-refractivity contribution in [1.29, 1.82) is 0 Å². The molecule has 0 fully saturated rings. The number of carbonyl (C=O) groups is 2. The first-order valence-electron chi connectivity index (χ1n) is 10.6. The molecule has 4 rings (SSSR count). The Morgan fingerprint density at radius 1 is 1.30 bits per heavy atom. The molecule has 0 unspecified atom stereocenters. The van der Waals surface area contributed by atoms with E-state index in [0.29, 0.717) is 6.04 Å². The molecule has 1 aliphatic heterocycles. The van der Waals surface area contributed by atoms with Gasteiger partial charge in [-0.15, -0.1) is 0 Å². The van der Waals surface area contributed by atoms with Gasteiger partial charge in [0.05, 0.1) is 5.92 Å². The number of fused-ring (bicyclic) bond motifs is 2. The van der Waals surface area contributed by atoms with Gasteiger partial charge in [0.15, 0.2) is 0 Å². The van der Waals surface area contributed by atoms with Crippen molar-refractivity contribution in [2.45, 2.75) is 33.2 Å². The molecule has 6 heteroatoms. The molecule has 1 aromatic carbocycles. The van der Waals surface area contributed by atoms with E-state index in [0.717, 1.165) is 32.1 Å². The van der Waals surface area contributed by atoms with Crippen LogP contribution in [0.15, 0.2) is 42.6 Å². The summed E-state index contributed by atoms with van der Waals surface area (Å²) in [5.41, 5.74) is 5.21. The lowest BCUT2D eigenvalue weighted by molar-refractivity contribution is -0.134.